The molecular weight excluding hydrogens is 424 g/mol. The van der Waals surface area contributed by atoms with E-state index in [4.69, 9.17) is 13.9 Å². The molecule has 0 unspecified atom stereocenters. The molecule has 1 saturated carbocycles. The van der Waals surface area contributed by atoms with Gasteiger partial charge in [-0.05, 0) is 25.0 Å². The third kappa shape index (κ3) is 3.31. The Labute approximate surface area is 187 Å². The largest absolute Gasteiger partial charge is 0.448 e. The van der Waals surface area contributed by atoms with Gasteiger partial charge < -0.3 is 8.94 Å². The van der Waals surface area contributed by atoms with Crippen LogP contribution in [-0.2, 0) is 5.75 Å². The molecular formula is C24H20N4O3S. The molecule has 160 valence electrons. The van der Waals surface area contributed by atoms with E-state index < -0.39 is 0 Å². The van der Waals surface area contributed by atoms with E-state index in [-0.39, 0.29) is 11.6 Å². The van der Waals surface area contributed by atoms with Gasteiger partial charge in [-0.25, -0.2) is 4.98 Å². The van der Waals surface area contributed by atoms with Gasteiger partial charge in [-0.2, -0.15) is 4.98 Å². The topological polar surface area (TPSA) is 86.9 Å². The number of benzene rings is 2. The summed E-state index contributed by atoms with van der Waals surface area (Å²) < 4.78 is 13.2. The van der Waals surface area contributed by atoms with E-state index in [1.165, 1.54) is 11.8 Å². The maximum atomic E-state index is 13.5. The van der Waals surface area contributed by atoms with Crippen LogP contribution in [0.3, 0.4) is 0 Å². The average molecular weight is 445 g/mol. The highest BCUT2D eigenvalue weighted by atomic mass is 32.2. The van der Waals surface area contributed by atoms with E-state index in [1.807, 2.05) is 59.2 Å². The molecule has 1 aliphatic rings. The molecule has 0 aliphatic heterocycles. The van der Waals surface area contributed by atoms with Crippen LogP contribution in [0, 0.1) is 0 Å². The highest BCUT2D eigenvalue weighted by molar-refractivity contribution is 7.98. The minimum atomic E-state index is -0.115. The summed E-state index contributed by atoms with van der Waals surface area (Å²) in [6.07, 6.45) is 4.17. The van der Waals surface area contributed by atoms with Crippen molar-refractivity contribution >= 4 is 33.8 Å². The first-order valence-corrected chi connectivity index (χ1v) is 11.7. The summed E-state index contributed by atoms with van der Waals surface area (Å²) in [4.78, 5) is 22.9. The number of fused-ring (bicyclic) bond motifs is 3. The Morgan fingerprint density at radius 3 is 2.62 bits per heavy atom. The molecule has 1 fully saturated rings. The molecule has 0 saturated heterocycles. The van der Waals surface area contributed by atoms with Crippen molar-refractivity contribution in [3.05, 3.63) is 70.8 Å². The average Bonchev–Trinajstić information content (AvgIpc) is 3.58. The summed E-state index contributed by atoms with van der Waals surface area (Å²) in [6, 6.07) is 17.5. The predicted octanol–water partition coefficient (Wildman–Crippen LogP) is 5.60. The van der Waals surface area contributed by atoms with Crippen LogP contribution in [0.25, 0.3) is 33.5 Å². The smallest absolute Gasteiger partial charge is 0.298 e. The number of para-hydroxylation sites is 1. The van der Waals surface area contributed by atoms with E-state index in [1.54, 1.807) is 0 Å². The van der Waals surface area contributed by atoms with Crippen LogP contribution in [0.1, 0.15) is 37.6 Å². The molecule has 0 N–H and O–H groups in total. The summed E-state index contributed by atoms with van der Waals surface area (Å²) >= 11 is 1.45. The molecule has 32 heavy (non-hydrogen) atoms. The number of nitrogens with zero attached hydrogens (tertiary/aromatic N) is 4. The third-order valence-corrected chi connectivity index (χ3v) is 6.85. The summed E-state index contributed by atoms with van der Waals surface area (Å²) in [6.45, 7) is 0. The van der Waals surface area contributed by atoms with E-state index >= 15 is 0 Å². The molecule has 3 heterocycles. The van der Waals surface area contributed by atoms with Crippen molar-refractivity contribution in [3.63, 3.8) is 0 Å². The summed E-state index contributed by atoms with van der Waals surface area (Å²) in [5.74, 6) is 1.48. The van der Waals surface area contributed by atoms with Gasteiger partial charge in [0.1, 0.15) is 11.1 Å². The summed E-state index contributed by atoms with van der Waals surface area (Å²) in [5.41, 5.74) is 2.40. The number of hydrogen-bond acceptors (Lipinski definition) is 7. The lowest BCUT2D eigenvalue weighted by atomic mass is 10.2. The van der Waals surface area contributed by atoms with E-state index in [9.17, 15) is 4.79 Å². The first kappa shape index (κ1) is 19.3. The Kier molecular flexibility index (Phi) is 4.79. The lowest BCUT2D eigenvalue weighted by molar-refractivity contribution is 0.391. The molecule has 0 bridgehead atoms. The van der Waals surface area contributed by atoms with Gasteiger partial charge in [0, 0.05) is 17.0 Å². The summed E-state index contributed by atoms with van der Waals surface area (Å²) in [5, 5.41) is 5.61. The van der Waals surface area contributed by atoms with Crippen LogP contribution in [0.2, 0.25) is 0 Å². The Bertz CT molecular complexity index is 1470. The number of aromatic nitrogens is 4. The van der Waals surface area contributed by atoms with Crippen molar-refractivity contribution in [2.24, 2.45) is 0 Å². The van der Waals surface area contributed by atoms with Gasteiger partial charge >= 0.3 is 0 Å². The SMILES string of the molecule is O=c1c2oc3ccccc3c2nc(SCc2nc(-c3ccccc3)no2)n1C1CCCC1. The highest BCUT2D eigenvalue weighted by Crippen LogP contribution is 2.34. The van der Waals surface area contributed by atoms with Crippen molar-refractivity contribution in [2.45, 2.75) is 42.6 Å². The zero-order valence-electron chi connectivity index (χ0n) is 17.2. The van der Waals surface area contributed by atoms with Crippen LogP contribution in [0.4, 0.5) is 0 Å². The van der Waals surface area contributed by atoms with E-state index in [2.05, 4.69) is 10.1 Å². The lowest BCUT2D eigenvalue weighted by Gasteiger charge is -2.17. The second-order valence-electron chi connectivity index (χ2n) is 7.95. The van der Waals surface area contributed by atoms with Gasteiger partial charge in [-0.15, -0.1) is 0 Å². The van der Waals surface area contributed by atoms with Gasteiger partial charge in [-0.1, -0.05) is 72.2 Å². The van der Waals surface area contributed by atoms with Gasteiger partial charge in [-0.3, -0.25) is 9.36 Å². The van der Waals surface area contributed by atoms with E-state index in [0.717, 1.165) is 36.6 Å². The quantitative estimate of drug-likeness (QED) is 0.257. The van der Waals surface area contributed by atoms with Crippen molar-refractivity contribution in [3.8, 4) is 11.4 Å². The second kappa shape index (κ2) is 7.94. The minimum Gasteiger partial charge on any atom is -0.448 e. The second-order valence-corrected chi connectivity index (χ2v) is 8.89. The van der Waals surface area contributed by atoms with Gasteiger partial charge in [0.05, 0.1) is 5.75 Å². The lowest BCUT2D eigenvalue weighted by Crippen LogP contribution is -2.26. The maximum Gasteiger partial charge on any atom is 0.298 e. The zero-order valence-corrected chi connectivity index (χ0v) is 18.0. The number of hydrogen-bond donors (Lipinski definition) is 0. The highest BCUT2D eigenvalue weighted by Gasteiger charge is 2.25. The van der Waals surface area contributed by atoms with Crippen LogP contribution in [0.5, 0.6) is 0 Å². The van der Waals surface area contributed by atoms with Crippen LogP contribution in [-0.4, -0.2) is 19.7 Å². The first-order chi connectivity index (χ1) is 15.8. The molecule has 1 aliphatic carbocycles. The molecule has 7 nitrogen and oxygen atoms in total. The van der Waals surface area contributed by atoms with E-state index in [0.29, 0.717) is 39.3 Å². The Morgan fingerprint density at radius 2 is 1.78 bits per heavy atom. The van der Waals surface area contributed by atoms with Crippen molar-refractivity contribution in [1.82, 2.24) is 19.7 Å². The Morgan fingerprint density at radius 1 is 1.00 bits per heavy atom. The zero-order chi connectivity index (χ0) is 21.5. The maximum absolute atomic E-state index is 13.5. The summed E-state index contributed by atoms with van der Waals surface area (Å²) in [7, 11) is 0. The normalized spacial score (nSPS) is 14.6. The molecule has 6 rings (SSSR count). The standard InChI is InChI=1S/C24H20N4O3S/c29-23-21-20(17-12-6-7-13-18(17)30-21)26-24(28(23)16-10-4-5-11-16)32-14-19-25-22(27-31-19)15-8-2-1-3-9-15/h1-3,6-9,12-13,16H,4-5,10-11,14H2. The molecule has 3 aromatic heterocycles. The number of thioether (sulfide) groups is 1. The van der Waals surface area contributed by atoms with Gasteiger partial charge in [0.15, 0.2) is 5.16 Å². The number of furan rings is 1. The fourth-order valence-corrected chi connectivity index (χ4v) is 5.26. The van der Waals surface area contributed by atoms with Gasteiger partial charge in [0.2, 0.25) is 17.3 Å². The van der Waals surface area contributed by atoms with Crippen LogP contribution >= 0.6 is 11.8 Å². The first-order valence-electron chi connectivity index (χ1n) is 10.7. The Hall–Kier alpha value is -3.39. The van der Waals surface area contributed by atoms with Gasteiger partial charge in [0.25, 0.3) is 5.56 Å². The third-order valence-electron chi connectivity index (χ3n) is 5.91. The molecule has 8 heteroatoms. The van der Waals surface area contributed by atoms with Crippen molar-refractivity contribution < 1.29 is 8.94 Å². The minimum absolute atomic E-state index is 0.115. The molecule has 2 aromatic carbocycles. The molecule has 0 amide bonds. The fourth-order valence-electron chi connectivity index (χ4n) is 4.36. The molecule has 5 aromatic rings. The molecule has 0 atom stereocenters. The molecule has 0 spiro atoms. The van der Waals surface area contributed by atoms with Crippen molar-refractivity contribution in [1.29, 1.82) is 0 Å². The predicted molar refractivity (Wildman–Crippen MR) is 123 cm³/mol. The fraction of sp³-hybridized carbons (Fsp3) is 0.250. The monoisotopic (exact) mass is 444 g/mol. The Balaban J connectivity index is 1.39. The molecule has 0 radical (unpaired) electrons. The van der Waals surface area contributed by atoms with Crippen LogP contribution < -0.4 is 5.56 Å². The number of rotatable bonds is 5. The van der Waals surface area contributed by atoms with Crippen molar-refractivity contribution in [2.75, 3.05) is 0 Å². The van der Waals surface area contributed by atoms with Crippen LogP contribution in [0.15, 0.2) is 73.5 Å².